The molecule has 0 spiro atoms. The molecule has 0 bridgehead atoms. The van der Waals surface area contributed by atoms with Crippen LogP contribution in [-0.2, 0) is 0 Å². The SMILES string of the molecule is N=c1c2c(ncn1-c1ccc(F)cc1F)Oc1ccccc1C2c1cccc([N+](=O)[O-])c1. The quantitative estimate of drug-likeness (QED) is 0.327. The molecule has 0 fully saturated rings. The van der Waals surface area contributed by atoms with E-state index in [2.05, 4.69) is 4.98 Å². The van der Waals surface area contributed by atoms with E-state index in [0.717, 1.165) is 12.1 Å². The molecule has 0 saturated carbocycles. The Morgan fingerprint density at radius 3 is 2.66 bits per heavy atom. The van der Waals surface area contributed by atoms with Gasteiger partial charge in [0.25, 0.3) is 5.69 Å². The van der Waals surface area contributed by atoms with Gasteiger partial charge in [-0.3, -0.25) is 20.1 Å². The van der Waals surface area contributed by atoms with Gasteiger partial charge in [0.05, 0.1) is 16.2 Å². The fraction of sp³-hybridized carbons (Fsp3) is 0.0435. The Morgan fingerprint density at radius 1 is 1.06 bits per heavy atom. The van der Waals surface area contributed by atoms with Gasteiger partial charge in [-0.05, 0) is 23.8 Å². The molecule has 1 aromatic heterocycles. The third kappa shape index (κ3) is 3.11. The van der Waals surface area contributed by atoms with Crippen molar-refractivity contribution >= 4 is 5.69 Å². The summed E-state index contributed by atoms with van der Waals surface area (Å²) in [5, 5.41) is 20.2. The smallest absolute Gasteiger partial charge is 0.269 e. The van der Waals surface area contributed by atoms with E-state index in [1.807, 2.05) is 0 Å². The van der Waals surface area contributed by atoms with Crippen molar-refractivity contribution in [1.82, 2.24) is 9.55 Å². The number of halogens is 2. The van der Waals surface area contributed by atoms with Crippen LogP contribution in [0.1, 0.15) is 22.6 Å². The van der Waals surface area contributed by atoms with Crippen molar-refractivity contribution in [1.29, 1.82) is 5.41 Å². The van der Waals surface area contributed by atoms with Gasteiger partial charge in [0, 0.05) is 29.7 Å². The number of hydrogen-bond acceptors (Lipinski definition) is 5. The molecule has 158 valence electrons. The maximum absolute atomic E-state index is 14.5. The Kier molecular flexibility index (Phi) is 4.51. The van der Waals surface area contributed by atoms with Gasteiger partial charge >= 0.3 is 0 Å². The molecule has 0 radical (unpaired) electrons. The molecule has 5 rings (SSSR count). The average Bonchev–Trinajstić information content (AvgIpc) is 2.78. The van der Waals surface area contributed by atoms with Crippen molar-refractivity contribution in [2.24, 2.45) is 0 Å². The highest BCUT2D eigenvalue weighted by molar-refractivity contribution is 5.57. The van der Waals surface area contributed by atoms with E-state index in [9.17, 15) is 18.9 Å². The molecule has 2 heterocycles. The number of nitrogens with zero attached hydrogens (tertiary/aromatic N) is 3. The van der Waals surface area contributed by atoms with Gasteiger partial charge in [-0.1, -0.05) is 30.3 Å². The number of nitro benzene ring substituents is 1. The van der Waals surface area contributed by atoms with Crippen LogP contribution in [0.4, 0.5) is 14.5 Å². The van der Waals surface area contributed by atoms with Gasteiger partial charge in [-0.25, -0.2) is 13.8 Å². The summed E-state index contributed by atoms with van der Waals surface area (Å²) in [5.41, 5.74) is 1.28. The van der Waals surface area contributed by atoms with E-state index in [-0.39, 0.29) is 22.7 Å². The third-order valence-corrected chi connectivity index (χ3v) is 5.33. The Morgan fingerprint density at radius 2 is 1.88 bits per heavy atom. The summed E-state index contributed by atoms with van der Waals surface area (Å²) < 4.78 is 35.0. The predicted molar refractivity (Wildman–Crippen MR) is 110 cm³/mol. The first-order chi connectivity index (χ1) is 15.4. The van der Waals surface area contributed by atoms with Crippen molar-refractivity contribution in [2.75, 3.05) is 0 Å². The molecular weight excluding hydrogens is 418 g/mol. The number of ether oxygens (including phenoxy) is 1. The highest BCUT2D eigenvalue weighted by atomic mass is 19.1. The Bertz CT molecular complexity index is 1450. The summed E-state index contributed by atoms with van der Waals surface area (Å²) >= 11 is 0. The Balaban J connectivity index is 1.78. The van der Waals surface area contributed by atoms with Crippen LogP contribution in [0.5, 0.6) is 11.6 Å². The molecule has 3 aromatic carbocycles. The summed E-state index contributed by atoms with van der Waals surface area (Å²) in [6, 6.07) is 16.3. The van der Waals surface area contributed by atoms with Crippen LogP contribution < -0.4 is 10.2 Å². The minimum atomic E-state index is -0.853. The summed E-state index contributed by atoms with van der Waals surface area (Å²) in [7, 11) is 0. The highest BCUT2D eigenvalue weighted by Gasteiger charge is 2.32. The zero-order valence-electron chi connectivity index (χ0n) is 16.3. The molecule has 32 heavy (non-hydrogen) atoms. The van der Waals surface area contributed by atoms with Crippen molar-refractivity contribution < 1.29 is 18.4 Å². The van der Waals surface area contributed by atoms with Crippen LogP contribution in [0.2, 0.25) is 0 Å². The van der Waals surface area contributed by atoms with E-state index in [0.29, 0.717) is 22.4 Å². The lowest BCUT2D eigenvalue weighted by Gasteiger charge is -2.28. The average molecular weight is 432 g/mol. The minimum absolute atomic E-state index is 0.0525. The normalized spacial score (nSPS) is 14.2. The fourth-order valence-corrected chi connectivity index (χ4v) is 3.91. The first kappa shape index (κ1) is 19.6. The van der Waals surface area contributed by atoms with Crippen LogP contribution in [0, 0.1) is 27.2 Å². The zero-order valence-corrected chi connectivity index (χ0v) is 16.3. The number of hydrogen-bond donors (Lipinski definition) is 1. The van der Waals surface area contributed by atoms with Gasteiger partial charge in [0.2, 0.25) is 5.88 Å². The van der Waals surface area contributed by atoms with E-state index in [1.165, 1.54) is 29.1 Å². The van der Waals surface area contributed by atoms with E-state index >= 15 is 0 Å². The number of para-hydroxylation sites is 1. The molecule has 4 aromatic rings. The van der Waals surface area contributed by atoms with E-state index < -0.39 is 22.5 Å². The highest BCUT2D eigenvalue weighted by Crippen LogP contribution is 2.45. The molecule has 1 atom stereocenters. The van der Waals surface area contributed by atoms with Crippen molar-refractivity contribution in [2.45, 2.75) is 5.92 Å². The van der Waals surface area contributed by atoms with Crippen LogP contribution in [0.15, 0.2) is 73.1 Å². The summed E-state index contributed by atoms with van der Waals surface area (Å²) in [6.07, 6.45) is 1.23. The van der Waals surface area contributed by atoms with Crippen molar-refractivity contribution in [3.8, 4) is 17.3 Å². The first-order valence-corrected chi connectivity index (χ1v) is 9.56. The van der Waals surface area contributed by atoms with Crippen LogP contribution in [0.25, 0.3) is 5.69 Å². The van der Waals surface area contributed by atoms with Gasteiger partial charge in [0.15, 0.2) is 0 Å². The molecule has 0 amide bonds. The second-order valence-corrected chi connectivity index (χ2v) is 7.20. The second-order valence-electron chi connectivity index (χ2n) is 7.20. The lowest BCUT2D eigenvalue weighted by Crippen LogP contribution is -2.29. The van der Waals surface area contributed by atoms with Gasteiger partial charge in [0.1, 0.15) is 29.2 Å². The maximum atomic E-state index is 14.5. The second kappa shape index (κ2) is 7.38. The van der Waals surface area contributed by atoms with Crippen LogP contribution >= 0.6 is 0 Å². The molecule has 0 saturated heterocycles. The number of benzene rings is 3. The monoisotopic (exact) mass is 432 g/mol. The zero-order chi connectivity index (χ0) is 22.4. The number of fused-ring (bicyclic) bond motifs is 2. The molecule has 1 aliphatic rings. The Labute approximate surface area is 179 Å². The number of aromatic nitrogens is 2. The van der Waals surface area contributed by atoms with Gasteiger partial charge in [-0.2, -0.15) is 0 Å². The summed E-state index contributed by atoms with van der Waals surface area (Å²) in [4.78, 5) is 15.1. The summed E-state index contributed by atoms with van der Waals surface area (Å²) in [6.45, 7) is 0. The minimum Gasteiger partial charge on any atom is -0.438 e. The number of rotatable bonds is 3. The van der Waals surface area contributed by atoms with Crippen molar-refractivity contribution in [3.63, 3.8) is 0 Å². The van der Waals surface area contributed by atoms with Crippen LogP contribution in [0.3, 0.4) is 0 Å². The first-order valence-electron chi connectivity index (χ1n) is 9.56. The third-order valence-electron chi connectivity index (χ3n) is 5.33. The predicted octanol–water partition coefficient (Wildman–Crippen LogP) is 4.82. The standard InChI is InChI=1S/C23H14F2N4O3/c24-14-8-9-18(17(25)11-14)28-12-27-23-21(22(28)26)20(16-6-1-2-7-19(16)32-23)13-4-3-5-15(10-13)29(30)31/h1-12,20,26H. The largest absolute Gasteiger partial charge is 0.438 e. The summed E-state index contributed by atoms with van der Waals surface area (Å²) in [5.74, 6) is -1.56. The van der Waals surface area contributed by atoms with Gasteiger partial charge in [-0.15, -0.1) is 0 Å². The Hall–Kier alpha value is -4.40. The van der Waals surface area contributed by atoms with Gasteiger partial charge < -0.3 is 4.74 Å². The van der Waals surface area contributed by atoms with E-state index in [4.69, 9.17) is 10.1 Å². The number of nitro groups is 1. The van der Waals surface area contributed by atoms with E-state index in [1.54, 1.807) is 36.4 Å². The fourth-order valence-electron chi connectivity index (χ4n) is 3.91. The lowest BCUT2D eigenvalue weighted by atomic mass is 9.84. The molecular formula is C23H14F2N4O3. The molecule has 1 N–H and O–H groups in total. The molecule has 1 aliphatic heterocycles. The molecule has 9 heteroatoms. The lowest BCUT2D eigenvalue weighted by molar-refractivity contribution is -0.384. The van der Waals surface area contributed by atoms with Crippen LogP contribution in [-0.4, -0.2) is 14.5 Å². The number of nitrogens with one attached hydrogen (secondary N) is 1. The van der Waals surface area contributed by atoms with Crippen molar-refractivity contribution in [3.05, 3.63) is 117 Å². The molecule has 1 unspecified atom stereocenters. The number of non-ortho nitro benzene ring substituents is 1. The maximum Gasteiger partial charge on any atom is 0.269 e. The molecule has 7 nitrogen and oxygen atoms in total. The topological polar surface area (TPSA) is 94.0 Å². The molecule has 0 aliphatic carbocycles.